The van der Waals surface area contributed by atoms with Crippen molar-refractivity contribution in [2.24, 2.45) is 0 Å². The number of hydrogen-bond acceptors (Lipinski definition) is 2. The van der Waals surface area contributed by atoms with Gasteiger partial charge in [0.25, 0.3) is 0 Å². The molecule has 0 saturated carbocycles. The topological polar surface area (TPSA) is 44.0 Å². The fraction of sp³-hybridized carbons (Fsp3) is 0.750. The molecule has 2 heteroatoms. The summed E-state index contributed by atoms with van der Waals surface area (Å²) in [6, 6.07) is 1.75. The Morgan fingerprint density at radius 2 is 1.83 bits per heavy atom. The van der Waals surface area contributed by atoms with E-state index in [0.717, 1.165) is 0 Å². The fourth-order valence-electron chi connectivity index (χ4n) is 0. The number of aliphatic hydroxyl groups is 1. The predicted molar refractivity (Wildman–Crippen MR) is 24.0 cm³/mol. The first-order valence-corrected chi connectivity index (χ1v) is 1.75. The Hall–Kier alpha value is -0.550. The molecule has 0 amide bonds. The molecule has 0 aromatic heterocycles. The summed E-state index contributed by atoms with van der Waals surface area (Å²) in [5, 5.41) is 14.9. The molecular formula is C4H9NO. The summed E-state index contributed by atoms with van der Waals surface area (Å²) in [6.45, 7) is 3.36. The molecule has 1 N–H and O–H groups in total. The van der Waals surface area contributed by atoms with Crippen LogP contribution in [-0.2, 0) is 0 Å². The van der Waals surface area contributed by atoms with Gasteiger partial charge in [-0.2, -0.15) is 5.26 Å². The highest BCUT2D eigenvalue weighted by Crippen LogP contribution is 1.30. The van der Waals surface area contributed by atoms with Crippen molar-refractivity contribution in [1.29, 1.82) is 5.26 Å². The maximum Gasteiger partial charge on any atom is 0.0587 e. The van der Waals surface area contributed by atoms with Crippen molar-refractivity contribution in [3.63, 3.8) is 0 Å². The van der Waals surface area contributed by atoms with E-state index >= 15 is 0 Å². The van der Waals surface area contributed by atoms with Crippen LogP contribution >= 0.6 is 0 Å². The third kappa shape index (κ3) is 68.5. The molecule has 0 rings (SSSR count). The highest BCUT2D eigenvalue weighted by atomic mass is 16.2. The molecule has 2 nitrogen and oxygen atoms in total. The van der Waals surface area contributed by atoms with Crippen LogP contribution in [0.25, 0.3) is 0 Å². The first-order valence-electron chi connectivity index (χ1n) is 1.75. The Balaban J connectivity index is 0. The number of rotatable bonds is 0. The molecule has 0 radical (unpaired) electrons. The summed E-state index contributed by atoms with van der Waals surface area (Å²) in [5.74, 6) is 0. The third-order valence-electron chi connectivity index (χ3n) is 0. The molecule has 0 bridgehead atoms. The molecule has 0 atom stereocenters. The molecule has 0 aromatic carbocycles. The zero-order valence-electron chi connectivity index (χ0n) is 4.10. The summed E-state index contributed by atoms with van der Waals surface area (Å²) >= 11 is 0. The van der Waals surface area contributed by atoms with E-state index in [2.05, 4.69) is 0 Å². The SMILES string of the molecule is CC#N.CCO. The van der Waals surface area contributed by atoms with Gasteiger partial charge in [-0.05, 0) is 6.92 Å². The van der Waals surface area contributed by atoms with Gasteiger partial charge in [0.15, 0.2) is 0 Å². The van der Waals surface area contributed by atoms with Crippen molar-refractivity contribution in [1.82, 2.24) is 0 Å². The van der Waals surface area contributed by atoms with Gasteiger partial charge in [0, 0.05) is 13.5 Å². The number of nitrogens with zero attached hydrogens (tertiary/aromatic N) is 1. The molecule has 0 aliphatic heterocycles. The number of aliphatic hydroxyl groups excluding tert-OH is 1. The first kappa shape index (κ1) is 9.07. The number of nitriles is 1. The summed E-state index contributed by atoms with van der Waals surface area (Å²) in [4.78, 5) is 0. The zero-order chi connectivity index (χ0) is 5.41. The molecule has 0 aliphatic rings. The molecule has 0 spiro atoms. The molecule has 6 heavy (non-hydrogen) atoms. The third-order valence-corrected chi connectivity index (χ3v) is 0. The fourth-order valence-corrected chi connectivity index (χ4v) is 0. The summed E-state index contributed by atoms with van der Waals surface area (Å²) in [5.41, 5.74) is 0. The lowest BCUT2D eigenvalue weighted by Gasteiger charge is -1.52. The Kier molecular flexibility index (Phi) is 38.1. The average molecular weight is 87.1 g/mol. The minimum Gasteiger partial charge on any atom is -0.397 e. The van der Waals surface area contributed by atoms with E-state index in [1.54, 1.807) is 13.0 Å². The van der Waals surface area contributed by atoms with Crippen LogP contribution in [-0.4, -0.2) is 11.7 Å². The highest BCUT2D eigenvalue weighted by molar-refractivity contribution is 4.51. The largest absolute Gasteiger partial charge is 0.397 e. The van der Waals surface area contributed by atoms with Gasteiger partial charge in [0.2, 0.25) is 0 Å². The lowest BCUT2D eigenvalue weighted by Crippen LogP contribution is -1.57. The Morgan fingerprint density at radius 3 is 1.83 bits per heavy atom. The monoisotopic (exact) mass is 87.1 g/mol. The van der Waals surface area contributed by atoms with Crippen LogP contribution in [0.4, 0.5) is 0 Å². The van der Waals surface area contributed by atoms with Gasteiger partial charge >= 0.3 is 0 Å². The summed E-state index contributed by atoms with van der Waals surface area (Å²) < 4.78 is 0. The van der Waals surface area contributed by atoms with Crippen LogP contribution in [0.1, 0.15) is 13.8 Å². The van der Waals surface area contributed by atoms with Gasteiger partial charge in [0.05, 0.1) is 6.07 Å². The predicted octanol–water partition coefficient (Wildman–Crippen LogP) is 0.528. The van der Waals surface area contributed by atoms with Crippen LogP contribution in [0.3, 0.4) is 0 Å². The van der Waals surface area contributed by atoms with Crippen LogP contribution < -0.4 is 0 Å². The smallest absolute Gasteiger partial charge is 0.0587 e. The Morgan fingerprint density at radius 1 is 1.83 bits per heavy atom. The zero-order valence-corrected chi connectivity index (χ0v) is 4.10. The van der Waals surface area contributed by atoms with E-state index in [1.165, 1.54) is 6.92 Å². The summed E-state index contributed by atoms with van der Waals surface area (Å²) in [7, 11) is 0. The van der Waals surface area contributed by atoms with E-state index in [-0.39, 0.29) is 6.61 Å². The van der Waals surface area contributed by atoms with Gasteiger partial charge in [0.1, 0.15) is 0 Å². The molecule has 0 saturated heterocycles. The molecule has 0 aromatic rings. The van der Waals surface area contributed by atoms with Gasteiger partial charge < -0.3 is 5.11 Å². The molecule has 0 heterocycles. The van der Waals surface area contributed by atoms with E-state index in [0.29, 0.717) is 0 Å². The van der Waals surface area contributed by atoms with Crippen LogP contribution in [0.15, 0.2) is 0 Å². The van der Waals surface area contributed by atoms with Gasteiger partial charge in [-0.25, -0.2) is 0 Å². The van der Waals surface area contributed by atoms with Gasteiger partial charge in [-0.15, -0.1) is 0 Å². The van der Waals surface area contributed by atoms with Crippen molar-refractivity contribution >= 4 is 0 Å². The maximum absolute atomic E-state index is 7.57. The molecule has 0 aliphatic carbocycles. The standard InChI is InChI=1S/C2H3N.C2H6O/c2*1-2-3/h1H3;3H,2H2,1H3. The summed E-state index contributed by atoms with van der Waals surface area (Å²) in [6.07, 6.45) is 0. The second-order valence-electron chi connectivity index (χ2n) is 0.540. The normalized spacial score (nSPS) is 4.33. The molecule has 0 unspecified atom stereocenters. The molecule has 0 fully saturated rings. The van der Waals surface area contributed by atoms with Crippen molar-refractivity contribution in [3.8, 4) is 6.07 Å². The molecule has 36 valence electrons. The van der Waals surface area contributed by atoms with Crippen molar-refractivity contribution in [2.45, 2.75) is 13.8 Å². The Labute approximate surface area is 38.0 Å². The minimum absolute atomic E-state index is 0.250. The first-order chi connectivity index (χ1) is 2.83. The van der Waals surface area contributed by atoms with E-state index in [1.807, 2.05) is 0 Å². The van der Waals surface area contributed by atoms with Crippen LogP contribution in [0, 0.1) is 11.3 Å². The highest BCUT2D eigenvalue weighted by Gasteiger charge is 1.34. The second-order valence-corrected chi connectivity index (χ2v) is 0.540. The maximum atomic E-state index is 7.57. The van der Waals surface area contributed by atoms with Crippen LogP contribution in [0.5, 0.6) is 0 Å². The lowest BCUT2D eigenvalue weighted by molar-refractivity contribution is 0.318. The van der Waals surface area contributed by atoms with E-state index < -0.39 is 0 Å². The molecular weight excluding hydrogens is 78.0 g/mol. The number of hydrogen-bond donors (Lipinski definition) is 1. The van der Waals surface area contributed by atoms with E-state index in [9.17, 15) is 0 Å². The van der Waals surface area contributed by atoms with Crippen molar-refractivity contribution in [2.75, 3.05) is 6.61 Å². The van der Waals surface area contributed by atoms with Gasteiger partial charge in [-0.3, -0.25) is 0 Å². The lowest BCUT2D eigenvalue weighted by atomic mass is 10.9. The quantitative estimate of drug-likeness (QED) is 0.468. The second kappa shape index (κ2) is 25.2. The van der Waals surface area contributed by atoms with Crippen molar-refractivity contribution < 1.29 is 5.11 Å². The Bertz CT molecular complexity index is 37.3. The van der Waals surface area contributed by atoms with Crippen molar-refractivity contribution in [3.05, 3.63) is 0 Å². The van der Waals surface area contributed by atoms with Crippen LogP contribution in [0.2, 0.25) is 0 Å². The van der Waals surface area contributed by atoms with Gasteiger partial charge in [-0.1, -0.05) is 0 Å². The van der Waals surface area contributed by atoms with E-state index in [4.69, 9.17) is 10.4 Å². The minimum atomic E-state index is 0.250. The average Bonchev–Trinajstić information content (AvgIpc) is 1.39.